The van der Waals surface area contributed by atoms with E-state index in [4.69, 9.17) is 9.72 Å². The van der Waals surface area contributed by atoms with Crippen molar-refractivity contribution in [2.75, 3.05) is 18.6 Å². The summed E-state index contributed by atoms with van der Waals surface area (Å²) >= 11 is 0. The van der Waals surface area contributed by atoms with E-state index in [0.29, 0.717) is 5.35 Å². The fourth-order valence-corrected chi connectivity index (χ4v) is 3.76. The lowest BCUT2D eigenvalue weighted by Gasteiger charge is -2.30. The van der Waals surface area contributed by atoms with Crippen LogP contribution in [0.25, 0.3) is 18.2 Å². The zero-order valence-electron chi connectivity index (χ0n) is 17.7. The Morgan fingerprint density at radius 1 is 1.38 bits per heavy atom. The molecule has 0 radical (unpaired) electrons. The zero-order chi connectivity index (χ0) is 21.2. The molecule has 2 aromatic heterocycles. The van der Waals surface area contributed by atoms with Gasteiger partial charge in [-0.15, -0.1) is 0 Å². The largest absolute Gasteiger partial charge is 0.496 e. The molecular formula is C23H29N4OP. The molecule has 2 heterocycles. The van der Waals surface area contributed by atoms with Gasteiger partial charge in [0.2, 0.25) is 0 Å². The third-order valence-corrected chi connectivity index (χ3v) is 5.41. The number of rotatable bonds is 9. The van der Waals surface area contributed by atoms with Crippen LogP contribution in [0.5, 0.6) is 5.75 Å². The molecule has 5 nitrogen and oxygen atoms in total. The molecule has 0 saturated heterocycles. The molecule has 0 aliphatic carbocycles. The number of aromatic nitrogens is 2. The standard InChI is InChI=1S/C23H29N4OP/c1-7-19(27(8-2)20-12-21(28-6)16-29-15-20)13-22-18(4)25-14-23(26-22)17(3)10-9-11-24-5/h9-16,19H,4-5,7-8H2,1-3,6H3/b11-9-,17-10+,22-13+. The normalized spacial score (nSPS) is 13.8. The van der Waals surface area contributed by atoms with E-state index in [0.717, 1.165) is 49.2 Å². The molecule has 0 fully saturated rings. The average molecular weight is 408 g/mol. The number of nitrogens with zero attached hydrogens (tertiary/aromatic N) is 4. The molecule has 0 amide bonds. The number of ether oxygens (including phenoxy) is 1. The Morgan fingerprint density at radius 3 is 2.83 bits per heavy atom. The van der Waals surface area contributed by atoms with Crippen LogP contribution in [0.3, 0.4) is 0 Å². The predicted octanol–water partition coefficient (Wildman–Crippen LogP) is 4.18. The van der Waals surface area contributed by atoms with Gasteiger partial charge in [-0.05, 0) is 50.5 Å². The minimum absolute atomic E-state index is 0.174. The zero-order valence-corrected chi connectivity index (χ0v) is 18.6. The Morgan fingerprint density at radius 2 is 2.17 bits per heavy atom. The summed E-state index contributed by atoms with van der Waals surface area (Å²) in [5, 5.41) is 1.49. The van der Waals surface area contributed by atoms with Crippen LogP contribution in [-0.2, 0) is 0 Å². The molecule has 0 N–H and O–H groups in total. The van der Waals surface area contributed by atoms with E-state index in [1.807, 2.05) is 19.1 Å². The maximum atomic E-state index is 5.42. The summed E-state index contributed by atoms with van der Waals surface area (Å²) in [4.78, 5) is 15.3. The quantitative estimate of drug-likeness (QED) is 0.461. The molecule has 1 unspecified atom stereocenters. The summed E-state index contributed by atoms with van der Waals surface area (Å²) < 4.78 is 5.42. The van der Waals surface area contributed by atoms with Gasteiger partial charge in [0.15, 0.2) is 0 Å². The van der Waals surface area contributed by atoms with Crippen LogP contribution < -0.4 is 20.3 Å². The summed E-state index contributed by atoms with van der Waals surface area (Å²) in [7, 11) is 2.82. The van der Waals surface area contributed by atoms with E-state index in [1.54, 1.807) is 19.5 Å². The summed E-state index contributed by atoms with van der Waals surface area (Å²) in [5.74, 6) is 5.14. The third kappa shape index (κ3) is 6.10. The minimum atomic E-state index is 0.174. The van der Waals surface area contributed by atoms with Crippen LogP contribution in [0.15, 0.2) is 47.2 Å². The first-order valence-electron chi connectivity index (χ1n) is 9.63. The Bertz CT molecular complexity index is 1000. The van der Waals surface area contributed by atoms with Crippen LogP contribution in [0.2, 0.25) is 0 Å². The molecule has 2 rings (SSSR count). The van der Waals surface area contributed by atoms with Crippen molar-refractivity contribution in [2.45, 2.75) is 33.2 Å². The minimum Gasteiger partial charge on any atom is -0.496 e. The molecule has 1 atom stereocenters. The van der Waals surface area contributed by atoms with Crippen molar-refractivity contribution < 1.29 is 4.74 Å². The van der Waals surface area contributed by atoms with E-state index in [-0.39, 0.29) is 6.04 Å². The fourth-order valence-electron chi connectivity index (χ4n) is 2.98. The van der Waals surface area contributed by atoms with Gasteiger partial charge in [0.1, 0.15) is 5.75 Å². The first kappa shape index (κ1) is 22.5. The lowest BCUT2D eigenvalue weighted by Crippen LogP contribution is -2.38. The van der Waals surface area contributed by atoms with E-state index in [9.17, 15) is 0 Å². The van der Waals surface area contributed by atoms with Gasteiger partial charge in [-0.1, -0.05) is 27.8 Å². The van der Waals surface area contributed by atoms with Crippen molar-refractivity contribution in [3.8, 4) is 5.75 Å². The van der Waals surface area contributed by atoms with Crippen molar-refractivity contribution in [2.24, 2.45) is 4.99 Å². The molecule has 2 aromatic rings. The topological polar surface area (TPSA) is 50.6 Å². The molecule has 0 saturated carbocycles. The first-order valence-corrected chi connectivity index (χ1v) is 10.7. The van der Waals surface area contributed by atoms with Crippen LogP contribution in [-0.4, -0.2) is 36.4 Å². The highest BCUT2D eigenvalue weighted by molar-refractivity contribution is 7.28. The van der Waals surface area contributed by atoms with Crippen LogP contribution in [0, 0.1) is 0 Å². The fraction of sp³-hybridized carbons (Fsp3) is 0.304. The van der Waals surface area contributed by atoms with E-state index in [2.05, 4.69) is 65.8 Å². The smallest absolute Gasteiger partial charge is 0.125 e. The Balaban J connectivity index is 2.46. The van der Waals surface area contributed by atoms with Gasteiger partial charge in [-0.2, -0.15) is 0 Å². The Labute approximate surface area is 175 Å². The van der Waals surface area contributed by atoms with Gasteiger partial charge in [0.05, 0.1) is 29.7 Å². The number of methoxy groups -OCH3 is 1. The monoisotopic (exact) mass is 408 g/mol. The number of anilines is 1. The van der Waals surface area contributed by atoms with Gasteiger partial charge >= 0.3 is 0 Å². The second-order valence-electron chi connectivity index (χ2n) is 6.47. The molecule has 0 aliphatic heterocycles. The van der Waals surface area contributed by atoms with Crippen LogP contribution in [0.1, 0.15) is 32.9 Å². The van der Waals surface area contributed by atoms with Gasteiger partial charge < -0.3 is 9.64 Å². The number of hydrogen-bond acceptors (Lipinski definition) is 5. The number of aliphatic imine (C=N–C) groups is 1. The molecule has 29 heavy (non-hydrogen) atoms. The lowest BCUT2D eigenvalue weighted by atomic mass is 10.1. The molecule has 6 heteroatoms. The van der Waals surface area contributed by atoms with Crippen LogP contribution >= 0.6 is 8.19 Å². The predicted molar refractivity (Wildman–Crippen MR) is 126 cm³/mol. The Kier molecular flexibility index (Phi) is 8.75. The summed E-state index contributed by atoms with van der Waals surface area (Å²) in [6, 6.07) is 2.25. The molecular weight excluding hydrogens is 379 g/mol. The second-order valence-corrected chi connectivity index (χ2v) is 7.29. The van der Waals surface area contributed by atoms with Gasteiger partial charge in [-0.3, -0.25) is 9.98 Å². The van der Waals surface area contributed by atoms with E-state index >= 15 is 0 Å². The molecule has 0 aliphatic rings. The molecule has 0 aromatic carbocycles. The van der Waals surface area contributed by atoms with Crippen molar-refractivity contribution in [3.63, 3.8) is 0 Å². The van der Waals surface area contributed by atoms with Gasteiger partial charge in [-0.25, -0.2) is 4.98 Å². The highest BCUT2D eigenvalue weighted by Crippen LogP contribution is 2.28. The highest BCUT2D eigenvalue weighted by Gasteiger charge is 2.15. The molecule has 0 bridgehead atoms. The van der Waals surface area contributed by atoms with Crippen molar-refractivity contribution in [1.29, 1.82) is 0 Å². The van der Waals surface area contributed by atoms with E-state index < -0.39 is 0 Å². The maximum absolute atomic E-state index is 5.42. The van der Waals surface area contributed by atoms with Crippen molar-refractivity contribution >= 4 is 38.8 Å². The van der Waals surface area contributed by atoms with Gasteiger partial charge in [0, 0.05) is 36.3 Å². The van der Waals surface area contributed by atoms with Crippen molar-refractivity contribution in [1.82, 2.24) is 9.97 Å². The van der Waals surface area contributed by atoms with Crippen LogP contribution in [0.4, 0.5) is 5.69 Å². The average Bonchev–Trinajstić information content (AvgIpc) is 2.75. The number of allylic oxidation sites excluding steroid dienone is 3. The van der Waals surface area contributed by atoms with Gasteiger partial charge in [0.25, 0.3) is 0 Å². The SMILES string of the molecule is C=N/C=C\C=C(/C)c1cnc(=C)/c(=C\C(CC)N(CC)c2cpcc(OC)c2)n1. The number of hydrogen-bond donors (Lipinski definition) is 0. The highest BCUT2D eigenvalue weighted by atomic mass is 31.0. The van der Waals surface area contributed by atoms with Crippen molar-refractivity contribution in [3.05, 3.63) is 58.6 Å². The molecule has 0 spiro atoms. The first-order chi connectivity index (χ1) is 14.0. The Hall–Kier alpha value is -2.78. The summed E-state index contributed by atoms with van der Waals surface area (Å²) in [6.07, 6.45) is 10.3. The maximum Gasteiger partial charge on any atom is 0.125 e. The third-order valence-electron chi connectivity index (χ3n) is 4.60. The summed E-state index contributed by atoms with van der Waals surface area (Å²) in [5.41, 5.74) is 2.98. The van der Waals surface area contributed by atoms with E-state index in [1.165, 1.54) is 0 Å². The second kappa shape index (κ2) is 11.3. The molecule has 152 valence electrons. The lowest BCUT2D eigenvalue weighted by molar-refractivity contribution is 0.416. The summed E-state index contributed by atoms with van der Waals surface area (Å²) in [6.45, 7) is 14.7.